The fourth-order valence-corrected chi connectivity index (χ4v) is 1.68. The van der Waals surface area contributed by atoms with Crippen molar-refractivity contribution in [1.82, 2.24) is 10.2 Å². The van der Waals surface area contributed by atoms with Crippen LogP contribution in [-0.4, -0.2) is 41.1 Å². The minimum atomic E-state index is -0.970. The number of aliphatic carboxylic acids is 1. The van der Waals surface area contributed by atoms with Gasteiger partial charge in [-0.1, -0.05) is 6.92 Å². The quantitative estimate of drug-likeness (QED) is 0.737. The van der Waals surface area contributed by atoms with Gasteiger partial charge in [0, 0.05) is 13.1 Å². The summed E-state index contributed by atoms with van der Waals surface area (Å²) in [6.45, 7) is 3.22. The number of carboxylic acid groups (broad SMARTS) is 1. The van der Waals surface area contributed by atoms with E-state index in [0.717, 1.165) is 32.4 Å². The normalized spacial score (nSPS) is 18.3. The number of carboxylic acids is 1. The van der Waals surface area contributed by atoms with Gasteiger partial charge in [0.05, 0.1) is 0 Å². The third-order valence-corrected chi connectivity index (χ3v) is 2.65. The summed E-state index contributed by atoms with van der Waals surface area (Å²) in [5.74, 6) is -0.970. The first-order chi connectivity index (χ1) is 7.15. The Morgan fingerprint density at radius 1 is 1.33 bits per heavy atom. The summed E-state index contributed by atoms with van der Waals surface area (Å²) in [7, 11) is 0. The average molecular weight is 214 g/mol. The summed E-state index contributed by atoms with van der Waals surface area (Å²) in [6, 6.07) is -1.01. The molecule has 1 heterocycles. The molecule has 2 N–H and O–H groups in total. The van der Waals surface area contributed by atoms with Crippen LogP contribution < -0.4 is 5.32 Å². The van der Waals surface area contributed by atoms with Crippen molar-refractivity contribution < 1.29 is 14.7 Å². The van der Waals surface area contributed by atoms with Crippen LogP contribution in [0.2, 0.25) is 0 Å². The van der Waals surface area contributed by atoms with E-state index in [-0.39, 0.29) is 6.03 Å². The van der Waals surface area contributed by atoms with Crippen LogP contribution in [0.1, 0.15) is 32.6 Å². The molecular formula is C10H18N2O3. The molecule has 1 aliphatic rings. The Balaban J connectivity index is 2.42. The SMILES string of the molecule is CC[C@H](NC(=O)N1CCCCC1)C(=O)O. The highest BCUT2D eigenvalue weighted by Gasteiger charge is 2.22. The molecule has 0 saturated carbocycles. The van der Waals surface area contributed by atoms with Crippen LogP contribution in [0.15, 0.2) is 0 Å². The summed E-state index contributed by atoms with van der Waals surface area (Å²) < 4.78 is 0. The van der Waals surface area contributed by atoms with Gasteiger partial charge in [0.1, 0.15) is 6.04 Å². The fourth-order valence-electron chi connectivity index (χ4n) is 1.68. The van der Waals surface area contributed by atoms with Gasteiger partial charge in [0.15, 0.2) is 0 Å². The molecule has 1 rings (SSSR count). The molecule has 1 saturated heterocycles. The van der Waals surface area contributed by atoms with Gasteiger partial charge in [-0.2, -0.15) is 0 Å². The Morgan fingerprint density at radius 3 is 2.40 bits per heavy atom. The van der Waals surface area contributed by atoms with Crippen molar-refractivity contribution in [2.75, 3.05) is 13.1 Å². The number of likely N-dealkylation sites (tertiary alicyclic amines) is 1. The number of rotatable bonds is 3. The number of hydrogen-bond acceptors (Lipinski definition) is 2. The summed E-state index contributed by atoms with van der Waals surface area (Å²) in [4.78, 5) is 24.0. The van der Waals surface area contributed by atoms with Crippen molar-refractivity contribution >= 4 is 12.0 Å². The summed E-state index contributed by atoms with van der Waals surface area (Å²) in [5, 5.41) is 11.3. The molecule has 0 spiro atoms. The molecule has 2 amide bonds. The monoisotopic (exact) mass is 214 g/mol. The van der Waals surface area contributed by atoms with Crippen molar-refractivity contribution in [2.24, 2.45) is 0 Å². The number of nitrogens with one attached hydrogen (secondary N) is 1. The minimum Gasteiger partial charge on any atom is -0.480 e. The number of nitrogens with zero attached hydrogens (tertiary/aromatic N) is 1. The largest absolute Gasteiger partial charge is 0.480 e. The highest BCUT2D eigenvalue weighted by Crippen LogP contribution is 2.08. The van der Waals surface area contributed by atoms with Crippen molar-refractivity contribution in [1.29, 1.82) is 0 Å². The molecule has 0 bridgehead atoms. The third-order valence-electron chi connectivity index (χ3n) is 2.65. The Hall–Kier alpha value is -1.26. The summed E-state index contributed by atoms with van der Waals surface area (Å²) in [6.07, 6.45) is 3.59. The molecule has 15 heavy (non-hydrogen) atoms. The molecule has 0 unspecified atom stereocenters. The van der Waals surface area contributed by atoms with Gasteiger partial charge in [-0.3, -0.25) is 0 Å². The second-order valence-electron chi connectivity index (χ2n) is 3.80. The van der Waals surface area contributed by atoms with Crippen LogP contribution >= 0.6 is 0 Å². The first-order valence-electron chi connectivity index (χ1n) is 5.43. The van der Waals surface area contributed by atoms with Crippen LogP contribution in [0.25, 0.3) is 0 Å². The van der Waals surface area contributed by atoms with Crippen LogP contribution in [0.4, 0.5) is 4.79 Å². The molecule has 1 fully saturated rings. The molecule has 5 nitrogen and oxygen atoms in total. The third kappa shape index (κ3) is 3.42. The maximum Gasteiger partial charge on any atom is 0.326 e. The molecule has 0 aromatic carbocycles. The molecule has 0 aromatic rings. The Labute approximate surface area is 89.4 Å². The molecule has 0 aromatic heterocycles. The number of piperidine rings is 1. The Bertz CT molecular complexity index is 237. The number of carbonyl (C=O) groups excluding carboxylic acids is 1. The Morgan fingerprint density at radius 2 is 1.93 bits per heavy atom. The lowest BCUT2D eigenvalue weighted by Gasteiger charge is -2.28. The molecule has 0 radical (unpaired) electrons. The van der Waals surface area contributed by atoms with E-state index in [1.54, 1.807) is 11.8 Å². The first-order valence-corrected chi connectivity index (χ1v) is 5.43. The van der Waals surface area contributed by atoms with Gasteiger partial charge >= 0.3 is 12.0 Å². The number of amides is 2. The van der Waals surface area contributed by atoms with E-state index in [1.807, 2.05) is 0 Å². The van der Waals surface area contributed by atoms with E-state index in [4.69, 9.17) is 5.11 Å². The summed E-state index contributed by atoms with van der Waals surface area (Å²) in [5.41, 5.74) is 0. The van der Waals surface area contributed by atoms with Gasteiger partial charge in [0.2, 0.25) is 0 Å². The van der Waals surface area contributed by atoms with Crippen LogP contribution in [-0.2, 0) is 4.79 Å². The lowest BCUT2D eigenvalue weighted by atomic mass is 10.1. The van der Waals surface area contributed by atoms with Gasteiger partial charge in [-0.25, -0.2) is 9.59 Å². The predicted octanol–water partition coefficient (Wildman–Crippen LogP) is 1.05. The van der Waals surface area contributed by atoms with E-state index < -0.39 is 12.0 Å². The van der Waals surface area contributed by atoms with Crippen LogP contribution in [0, 0.1) is 0 Å². The molecule has 5 heteroatoms. The standard InChI is InChI=1S/C10H18N2O3/c1-2-8(9(13)14)11-10(15)12-6-4-3-5-7-12/h8H,2-7H2,1H3,(H,11,15)(H,13,14)/t8-/m0/s1. The van der Waals surface area contributed by atoms with Crippen LogP contribution in [0.3, 0.4) is 0 Å². The number of urea groups is 1. The van der Waals surface area contributed by atoms with Gasteiger partial charge in [-0.05, 0) is 25.7 Å². The molecular weight excluding hydrogens is 196 g/mol. The molecule has 1 aliphatic heterocycles. The topological polar surface area (TPSA) is 69.6 Å². The second kappa shape index (κ2) is 5.58. The number of carbonyl (C=O) groups is 2. The number of hydrogen-bond donors (Lipinski definition) is 2. The Kier molecular flexibility index (Phi) is 4.39. The van der Waals surface area contributed by atoms with Crippen molar-refractivity contribution in [2.45, 2.75) is 38.6 Å². The minimum absolute atomic E-state index is 0.246. The average Bonchev–Trinajstić information content (AvgIpc) is 2.26. The van der Waals surface area contributed by atoms with Crippen molar-refractivity contribution in [3.05, 3.63) is 0 Å². The smallest absolute Gasteiger partial charge is 0.326 e. The zero-order valence-electron chi connectivity index (χ0n) is 9.03. The molecule has 1 atom stereocenters. The lowest BCUT2D eigenvalue weighted by Crippen LogP contribution is -2.49. The van der Waals surface area contributed by atoms with E-state index >= 15 is 0 Å². The van der Waals surface area contributed by atoms with E-state index in [2.05, 4.69) is 5.32 Å². The summed E-state index contributed by atoms with van der Waals surface area (Å²) >= 11 is 0. The van der Waals surface area contributed by atoms with Gasteiger partial charge in [-0.15, -0.1) is 0 Å². The predicted molar refractivity (Wildman–Crippen MR) is 55.7 cm³/mol. The van der Waals surface area contributed by atoms with Crippen LogP contribution in [0.5, 0.6) is 0 Å². The first kappa shape index (κ1) is 11.8. The maximum absolute atomic E-state index is 11.6. The highest BCUT2D eigenvalue weighted by atomic mass is 16.4. The van der Waals surface area contributed by atoms with Crippen molar-refractivity contribution in [3.63, 3.8) is 0 Å². The fraction of sp³-hybridized carbons (Fsp3) is 0.800. The highest BCUT2D eigenvalue weighted by molar-refractivity contribution is 5.82. The van der Waals surface area contributed by atoms with E-state index in [0.29, 0.717) is 6.42 Å². The molecule has 86 valence electrons. The van der Waals surface area contributed by atoms with Gasteiger partial charge < -0.3 is 15.3 Å². The second-order valence-corrected chi connectivity index (χ2v) is 3.80. The van der Waals surface area contributed by atoms with E-state index in [9.17, 15) is 9.59 Å². The lowest BCUT2D eigenvalue weighted by molar-refractivity contribution is -0.139. The molecule has 0 aliphatic carbocycles. The zero-order chi connectivity index (χ0) is 11.3. The maximum atomic E-state index is 11.6. The van der Waals surface area contributed by atoms with Crippen molar-refractivity contribution in [3.8, 4) is 0 Å². The van der Waals surface area contributed by atoms with Gasteiger partial charge in [0.25, 0.3) is 0 Å². The zero-order valence-corrected chi connectivity index (χ0v) is 9.03. The van der Waals surface area contributed by atoms with E-state index in [1.165, 1.54) is 0 Å².